The zero-order chi connectivity index (χ0) is 12.4. The van der Waals surface area contributed by atoms with E-state index in [1.54, 1.807) is 12.1 Å². The molecule has 2 aromatic carbocycles. The van der Waals surface area contributed by atoms with Gasteiger partial charge < -0.3 is 5.11 Å². The van der Waals surface area contributed by atoms with Crippen molar-refractivity contribution in [3.05, 3.63) is 47.0 Å². The summed E-state index contributed by atoms with van der Waals surface area (Å²) in [5.41, 5.74) is 1.12. The molecule has 0 saturated heterocycles. The van der Waals surface area contributed by atoms with Crippen LogP contribution < -0.4 is 0 Å². The SMILES string of the molecule is C#Cc1cc2cccc(C#C)c2cc1C(=O)O. The first-order valence-electron chi connectivity index (χ1n) is 4.90. The maximum atomic E-state index is 11.1. The summed E-state index contributed by atoms with van der Waals surface area (Å²) in [6.07, 6.45) is 10.7. The van der Waals surface area contributed by atoms with Gasteiger partial charge >= 0.3 is 5.97 Å². The van der Waals surface area contributed by atoms with Crippen LogP contribution in [0.4, 0.5) is 0 Å². The van der Waals surface area contributed by atoms with E-state index < -0.39 is 5.97 Å². The average Bonchev–Trinajstić information content (AvgIpc) is 2.36. The highest BCUT2D eigenvalue weighted by Gasteiger charge is 2.11. The van der Waals surface area contributed by atoms with E-state index in [-0.39, 0.29) is 5.56 Å². The van der Waals surface area contributed by atoms with Crippen LogP contribution in [0.2, 0.25) is 0 Å². The number of rotatable bonds is 1. The molecular weight excluding hydrogens is 212 g/mol. The minimum absolute atomic E-state index is 0.0997. The Morgan fingerprint density at radius 3 is 2.41 bits per heavy atom. The first kappa shape index (κ1) is 10.8. The number of terminal acetylenes is 2. The van der Waals surface area contributed by atoms with E-state index in [9.17, 15) is 4.79 Å². The van der Waals surface area contributed by atoms with Crippen molar-refractivity contribution in [1.29, 1.82) is 0 Å². The molecule has 0 aliphatic carbocycles. The number of carboxylic acid groups (broad SMARTS) is 1. The Morgan fingerprint density at radius 2 is 1.82 bits per heavy atom. The summed E-state index contributed by atoms with van der Waals surface area (Å²) in [4.78, 5) is 11.1. The average molecular weight is 220 g/mol. The normalized spacial score (nSPS) is 9.53. The van der Waals surface area contributed by atoms with Crippen molar-refractivity contribution in [2.24, 2.45) is 0 Å². The highest BCUT2D eigenvalue weighted by Crippen LogP contribution is 2.23. The van der Waals surface area contributed by atoms with Crippen LogP contribution in [-0.4, -0.2) is 11.1 Å². The molecule has 0 unspecified atom stereocenters. The number of aromatic carboxylic acids is 1. The van der Waals surface area contributed by atoms with Gasteiger partial charge in [0, 0.05) is 11.1 Å². The fraction of sp³-hybridized carbons (Fsp3) is 0. The van der Waals surface area contributed by atoms with Crippen molar-refractivity contribution >= 4 is 16.7 Å². The predicted molar refractivity (Wildman–Crippen MR) is 66.8 cm³/mol. The van der Waals surface area contributed by atoms with Gasteiger partial charge in [-0.1, -0.05) is 24.0 Å². The van der Waals surface area contributed by atoms with E-state index >= 15 is 0 Å². The van der Waals surface area contributed by atoms with Crippen molar-refractivity contribution in [3.8, 4) is 24.7 Å². The molecule has 0 aliphatic rings. The third-order valence-corrected chi connectivity index (χ3v) is 2.56. The molecule has 1 N–H and O–H groups in total. The molecule has 0 aromatic heterocycles. The fourth-order valence-electron chi connectivity index (χ4n) is 1.75. The Morgan fingerprint density at radius 1 is 1.12 bits per heavy atom. The lowest BCUT2D eigenvalue weighted by Gasteiger charge is -2.05. The number of carbonyl (C=O) groups is 1. The van der Waals surface area contributed by atoms with E-state index in [0.717, 1.165) is 10.8 Å². The third-order valence-electron chi connectivity index (χ3n) is 2.56. The molecule has 0 atom stereocenters. The van der Waals surface area contributed by atoms with Crippen molar-refractivity contribution in [2.45, 2.75) is 0 Å². The maximum Gasteiger partial charge on any atom is 0.336 e. The lowest BCUT2D eigenvalue weighted by atomic mass is 9.98. The van der Waals surface area contributed by atoms with E-state index in [2.05, 4.69) is 11.8 Å². The highest BCUT2D eigenvalue weighted by molar-refractivity contribution is 5.99. The molecule has 2 nitrogen and oxygen atoms in total. The van der Waals surface area contributed by atoms with Crippen LogP contribution >= 0.6 is 0 Å². The summed E-state index contributed by atoms with van der Waals surface area (Å²) in [5.74, 6) is 3.85. The Kier molecular flexibility index (Phi) is 2.57. The van der Waals surface area contributed by atoms with E-state index in [1.165, 1.54) is 6.07 Å². The molecule has 0 aliphatic heterocycles. The van der Waals surface area contributed by atoms with Crippen molar-refractivity contribution in [1.82, 2.24) is 0 Å². The van der Waals surface area contributed by atoms with Crippen LogP contribution in [0.1, 0.15) is 21.5 Å². The van der Waals surface area contributed by atoms with Crippen molar-refractivity contribution in [2.75, 3.05) is 0 Å². The minimum Gasteiger partial charge on any atom is -0.478 e. The van der Waals surface area contributed by atoms with Gasteiger partial charge in [0.05, 0.1) is 5.56 Å². The van der Waals surface area contributed by atoms with Gasteiger partial charge in [-0.2, -0.15) is 0 Å². The second kappa shape index (κ2) is 4.04. The van der Waals surface area contributed by atoms with Crippen LogP contribution in [0.25, 0.3) is 10.8 Å². The van der Waals surface area contributed by atoms with Gasteiger partial charge in [-0.25, -0.2) is 4.79 Å². The van der Waals surface area contributed by atoms with E-state index in [4.69, 9.17) is 18.0 Å². The van der Waals surface area contributed by atoms with Crippen molar-refractivity contribution in [3.63, 3.8) is 0 Å². The molecule has 0 amide bonds. The first-order valence-corrected chi connectivity index (χ1v) is 4.90. The van der Waals surface area contributed by atoms with Gasteiger partial charge in [0.1, 0.15) is 0 Å². The van der Waals surface area contributed by atoms with Crippen LogP contribution in [0, 0.1) is 24.7 Å². The molecule has 0 bridgehead atoms. The molecular formula is C15H8O2. The van der Waals surface area contributed by atoms with Gasteiger partial charge in [0.2, 0.25) is 0 Å². The number of carboxylic acids is 1. The Labute approximate surface area is 98.9 Å². The summed E-state index contributed by atoms with van der Waals surface area (Å²) in [6.45, 7) is 0. The third kappa shape index (κ3) is 1.73. The largest absolute Gasteiger partial charge is 0.478 e. The fourth-order valence-corrected chi connectivity index (χ4v) is 1.75. The van der Waals surface area contributed by atoms with Gasteiger partial charge in [-0.3, -0.25) is 0 Å². The number of hydrogen-bond acceptors (Lipinski definition) is 1. The molecule has 0 radical (unpaired) electrons. The van der Waals surface area contributed by atoms with Gasteiger partial charge in [0.25, 0.3) is 0 Å². The maximum absolute atomic E-state index is 11.1. The monoisotopic (exact) mass is 220 g/mol. The summed E-state index contributed by atoms with van der Waals surface area (Å²) in [6, 6.07) is 8.63. The summed E-state index contributed by atoms with van der Waals surface area (Å²) in [7, 11) is 0. The zero-order valence-electron chi connectivity index (χ0n) is 8.90. The molecule has 0 spiro atoms. The van der Waals surface area contributed by atoms with Gasteiger partial charge in [-0.15, -0.1) is 12.8 Å². The van der Waals surface area contributed by atoms with Crippen LogP contribution in [0.3, 0.4) is 0 Å². The summed E-state index contributed by atoms with van der Waals surface area (Å²) >= 11 is 0. The number of benzene rings is 2. The van der Waals surface area contributed by atoms with Gasteiger partial charge in [-0.05, 0) is 29.0 Å². The molecule has 17 heavy (non-hydrogen) atoms. The second-order valence-corrected chi connectivity index (χ2v) is 3.52. The summed E-state index contributed by atoms with van der Waals surface area (Å²) < 4.78 is 0. The second-order valence-electron chi connectivity index (χ2n) is 3.52. The highest BCUT2D eigenvalue weighted by atomic mass is 16.4. The lowest BCUT2D eigenvalue weighted by Crippen LogP contribution is -2.00. The van der Waals surface area contributed by atoms with Crippen LogP contribution in [-0.2, 0) is 0 Å². The minimum atomic E-state index is -1.05. The molecule has 2 heteroatoms. The van der Waals surface area contributed by atoms with E-state index in [0.29, 0.717) is 11.1 Å². The topological polar surface area (TPSA) is 37.3 Å². The van der Waals surface area contributed by atoms with Crippen LogP contribution in [0.5, 0.6) is 0 Å². The quantitative estimate of drug-likeness (QED) is 0.750. The number of fused-ring (bicyclic) bond motifs is 1. The molecule has 2 rings (SSSR count). The number of hydrogen-bond donors (Lipinski definition) is 1. The van der Waals surface area contributed by atoms with Crippen LogP contribution in [0.15, 0.2) is 30.3 Å². The Hall–Kier alpha value is -2.71. The molecule has 80 valence electrons. The van der Waals surface area contributed by atoms with Crippen molar-refractivity contribution < 1.29 is 9.90 Å². The standard InChI is InChI=1S/C15H8O2/c1-3-10-6-5-7-12-8-11(4-2)14(15(16)17)9-13(10)12/h1-2,5-9H,(H,16,17). The first-order chi connectivity index (χ1) is 8.17. The molecule has 0 fully saturated rings. The zero-order valence-corrected chi connectivity index (χ0v) is 8.90. The predicted octanol–water partition coefficient (Wildman–Crippen LogP) is 2.50. The Bertz CT molecular complexity index is 697. The smallest absolute Gasteiger partial charge is 0.336 e. The van der Waals surface area contributed by atoms with E-state index in [1.807, 2.05) is 12.1 Å². The molecule has 0 saturated carbocycles. The summed E-state index contributed by atoms with van der Waals surface area (Å²) in [5, 5.41) is 10.6. The molecule has 2 aromatic rings. The van der Waals surface area contributed by atoms with Gasteiger partial charge in [0.15, 0.2) is 0 Å². The lowest BCUT2D eigenvalue weighted by molar-refractivity contribution is 0.0697. The molecule has 0 heterocycles. The Balaban J connectivity index is 2.91.